The zero-order chi connectivity index (χ0) is 15.1. The molecule has 0 aromatic heterocycles. The molecule has 0 bridgehead atoms. The van der Waals surface area contributed by atoms with E-state index in [1.165, 1.54) is 30.3 Å². The third-order valence-corrected chi connectivity index (χ3v) is 2.21. The minimum absolute atomic E-state index is 0.0714. The summed E-state index contributed by atoms with van der Waals surface area (Å²) in [5.41, 5.74) is 0.729. The molecule has 20 heavy (non-hydrogen) atoms. The van der Waals surface area contributed by atoms with Gasteiger partial charge < -0.3 is 15.7 Å². The molecule has 0 saturated carbocycles. The summed E-state index contributed by atoms with van der Waals surface area (Å²) in [6, 6.07) is 5.36. The highest BCUT2D eigenvalue weighted by Crippen LogP contribution is 2.15. The summed E-state index contributed by atoms with van der Waals surface area (Å²) in [5, 5.41) is 24.0. The van der Waals surface area contributed by atoms with Gasteiger partial charge in [0.2, 0.25) is 5.91 Å². The van der Waals surface area contributed by atoms with Crippen LogP contribution in [0.3, 0.4) is 0 Å². The molecule has 8 heteroatoms. The zero-order valence-electron chi connectivity index (χ0n) is 10.6. The van der Waals surface area contributed by atoms with Crippen molar-refractivity contribution >= 4 is 23.3 Å². The van der Waals surface area contributed by atoms with Gasteiger partial charge in [0.1, 0.15) is 6.54 Å². The minimum Gasteiger partial charge on any atom is -0.480 e. The van der Waals surface area contributed by atoms with E-state index in [1.54, 1.807) is 6.92 Å². The molecule has 0 spiro atoms. The maximum absolute atomic E-state index is 11.6. The van der Waals surface area contributed by atoms with Crippen molar-refractivity contribution in [1.29, 1.82) is 0 Å². The number of allylic oxidation sites excluding steroid dienone is 1. The van der Waals surface area contributed by atoms with Gasteiger partial charge in [0.15, 0.2) is 0 Å². The molecule has 1 rings (SSSR count). The average Bonchev–Trinajstić information content (AvgIpc) is 2.36. The predicted molar refractivity (Wildman–Crippen MR) is 71.1 cm³/mol. The van der Waals surface area contributed by atoms with E-state index in [2.05, 4.69) is 10.6 Å². The molecule has 1 aromatic carbocycles. The Morgan fingerprint density at radius 2 is 1.95 bits per heavy atom. The SMILES string of the molecule is CC(=CC(=O)Nc1ccc([N+](=O)[O-])cc1)NCC(=O)O. The summed E-state index contributed by atoms with van der Waals surface area (Å²) in [6.45, 7) is 1.27. The van der Waals surface area contributed by atoms with Gasteiger partial charge >= 0.3 is 5.97 Å². The largest absolute Gasteiger partial charge is 0.480 e. The molecule has 0 aliphatic carbocycles. The topological polar surface area (TPSA) is 122 Å². The normalized spacial score (nSPS) is 10.8. The van der Waals surface area contributed by atoms with E-state index in [0.29, 0.717) is 11.4 Å². The molecule has 0 aliphatic heterocycles. The number of nitrogens with one attached hydrogen (secondary N) is 2. The Morgan fingerprint density at radius 3 is 2.45 bits per heavy atom. The summed E-state index contributed by atoms with van der Waals surface area (Å²) in [7, 11) is 0. The van der Waals surface area contributed by atoms with Crippen LogP contribution < -0.4 is 10.6 Å². The maximum Gasteiger partial charge on any atom is 0.322 e. The summed E-state index contributed by atoms with van der Waals surface area (Å²) < 4.78 is 0. The van der Waals surface area contributed by atoms with Crippen LogP contribution in [-0.2, 0) is 9.59 Å². The van der Waals surface area contributed by atoms with Gasteiger partial charge in [-0.1, -0.05) is 0 Å². The molecule has 1 aromatic rings. The smallest absolute Gasteiger partial charge is 0.322 e. The molecule has 0 saturated heterocycles. The highest BCUT2D eigenvalue weighted by molar-refractivity contribution is 5.99. The summed E-state index contributed by atoms with van der Waals surface area (Å²) in [4.78, 5) is 31.8. The highest BCUT2D eigenvalue weighted by atomic mass is 16.6. The lowest BCUT2D eigenvalue weighted by Gasteiger charge is -2.04. The molecule has 0 heterocycles. The molecule has 8 nitrogen and oxygen atoms in total. The van der Waals surface area contributed by atoms with Crippen LogP contribution in [0, 0.1) is 10.1 Å². The number of anilines is 1. The number of amides is 1. The van der Waals surface area contributed by atoms with Crippen LogP contribution in [0.2, 0.25) is 0 Å². The van der Waals surface area contributed by atoms with Crippen LogP contribution in [-0.4, -0.2) is 28.5 Å². The number of hydrogen-bond acceptors (Lipinski definition) is 5. The van der Waals surface area contributed by atoms with Crippen molar-refractivity contribution in [3.8, 4) is 0 Å². The van der Waals surface area contributed by atoms with Gasteiger partial charge in [0.05, 0.1) is 4.92 Å². The van der Waals surface area contributed by atoms with E-state index in [0.717, 1.165) is 0 Å². The Morgan fingerprint density at radius 1 is 1.35 bits per heavy atom. The van der Waals surface area contributed by atoms with Crippen molar-refractivity contribution in [3.63, 3.8) is 0 Å². The Kier molecular flexibility index (Phi) is 5.21. The van der Waals surface area contributed by atoms with E-state index < -0.39 is 16.8 Å². The third kappa shape index (κ3) is 5.17. The predicted octanol–water partition coefficient (Wildman–Crippen LogP) is 1.11. The van der Waals surface area contributed by atoms with E-state index in [1.807, 2.05) is 0 Å². The Bertz CT molecular complexity index is 551. The number of carbonyl (C=O) groups is 2. The Hall–Kier alpha value is -2.90. The van der Waals surface area contributed by atoms with Crippen molar-refractivity contribution in [2.75, 3.05) is 11.9 Å². The molecule has 3 N–H and O–H groups in total. The maximum atomic E-state index is 11.6. The molecule has 0 aliphatic rings. The summed E-state index contributed by atoms with van der Waals surface area (Å²) >= 11 is 0. The van der Waals surface area contributed by atoms with E-state index in [9.17, 15) is 19.7 Å². The number of nitrogens with zero attached hydrogens (tertiary/aromatic N) is 1. The Balaban J connectivity index is 2.59. The van der Waals surface area contributed by atoms with Gasteiger partial charge in [-0.05, 0) is 19.1 Å². The van der Waals surface area contributed by atoms with Gasteiger partial charge in [-0.3, -0.25) is 19.7 Å². The van der Waals surface area contributed by atoms with E-state index >= 15 is 0 Å². The molecule has 0 atom stereocenters. The van der Waals surface area contributed by atoms with E-state index in [-0.39, 0.29) is 12.2 Å². The van der Waals surface area contributed by atoms with Crippen LogP contribution in [0.1, 0.15) is 6.92 Å². The molecular formula is C12H13N3O5. The van der Waals surface area contributed by atoms with Crippen LogP contribution in [0.4, 0.5) is 11.4 Å². The lowest BCUT2D eigenvalue weighted by molar-refractivity contribution is -0.384. The molecule has 0 unspecified atom stereocenters. The van der Waals surface area contributed by atoms with Crippen molar-refractivity contribution in [3.05, 3.63) is 46.2 Å². The van der Waals surface area contributed by atoms with Gasteiger partial charge in [0.25, 0.3) is 5.69 Å². The first-order chi connectivity index (χ1) is 9.38. The number of carboxylic acid groups (broad SMARTS) is 1. The zero-order valence-corrected chi connectivity index (χ0v) is 10.6. The third-order valence-electron chi connectivity index (χ3n) is 2.21. The second-order valence-electron chi connectivity index (χ2n) is 3.87. The second-order valence-corrected chi connectivity index (χ2v) is 3.87. The van der Waals surface area contributed by atoms with Gasteiger partial charge in [-0.15, -0.1) is 0 Å². The van der Waals surface area contributed by atoms with Crippen molar-refractivity contribution in [2.24, 2.45) is 0 Å². The fourth-order valence-corrected chi connectivity index (χ4v) is 1.31. The molecule has 0 radical (unpaired) electrons. The van der Waals surface area contributed by atoms with Crippen molar-refractivity contribution in [2.45, 2.75) is 6.92 Å². The first kappa shape index (κ1) is 15.2. The molecular weight excluding hydrogens is 266 g/mol. The van der Waals surface area contributed by atoms with Crippen LogP contribution >= 0.6 is 0 Å². The lowest BCUT2D eigenvalue weighted by atomic mass is 10.3. The fourth-order valence-electron chi connectivity index (χ4n) is 1.31. The number of rotatable bonds is 6. The highest BCUT2D eigenvalue weighted by Gasteiger charge is 2.05. The average molecular weight is 279 g/mol. The van der Waals surface area contributed by atoms with Gasteiger partial charge in [-0.2, -0.15) is 0 Å². The Labute approximate surface area is 114 Å². The number of non-ortho nitro benzene ring substituents is 1. The van der Waals surface area contributed by atoms with E-state index in [4.69, 9.17) is 5.11 Å². The number of benzene rings is 1. The number of carboxylic acids is 1. The van der Waals surface area contributed by atoms with Gasteiger partial charge in [-0.25, -0.2) is 0 Å². The van der Waals surface area contributed by atoms with Crippen LogP contribution in [0.15, 0.2) is 36.0 Å². The number of nitro groups is 1. The molecule has 0 fully saturated rings. The minimum atomic E-state index is -1.03. The monoisotopic (exact) mass is 279 g/mol. The second kappa shape index (κ2) is 6.88. The quantitative estimate of drug-likeness (QED) is 0.407. The first-order valence-corrected chi connectivity index (χ1v) is 5.58. The van der Waals surface area contributed by atoms with Crippen LogP contribution in [0.5, 0.6) is 0 Å². The van der Waals surface area contributed by atoms with Crippen molar-refractivity contribution in [1.82, 2.24) is 5.32 Å². The first-order valence-electron chi connectivity index (χ1n) is 5.58. The lowest BCUT2D eigenvalue weighted by Crippen LogP contribution is -2.22. The number of nitro benzene ring substituents is 1. The van der Waals surface area contributed by atoms with Crippen LogP contribution in [0.25, 0.3) is 0 Å². The van der Waals surface area contributed by atoms with Crippen molar-refractivity contribution < 1.29 is 19.6 Å². The molecule has 1 amide bonds. The molecule has 106 valence electrons. The standard InChI is InChI=1S/C12H13N3O5/c1-8(13-7-12(17)18)6-11(16)14-9-2-4-10(5-3-9)15(19)20/h2-6,13H,7H2,1H3,(H,14,16)(H,17,18). The summed E-state index contributed by atoms with van der Waals surface area (Å²) in [5.74, 6) is -1.50. The summed E-state index contributed by atoms with van der Waals surface area (Å²) in [6.07, 6.45) is 1.20. The van der Waals surface area contributed by atoms with Gasteiger partial charge in [0, 0.05) is 29.6 Å². The fraction of sp³-hybridized carbons (Fsp3) is 0.167. The number of aliphatic carboxylic acids is 1. The number of carbonyl (C=O) groups excluding carboxylic acids is 1. The number of hydrogen-bond donors (Lipinski definition) is 3.